The van der Waals surface area contributed by atoms with E-state index in [1.165, 1.54) is 22.0 Å². The van der Waals surface area contributed by atoms with Crippen molar-refractivity contribution in [2.75, 3.05) is 6.54 Å². The van der Waals surface area contributed by atoms with Gasteiger partial charge in [-0.1, -0.05) is 6.92 Å². The Hall–Kier alpha value is -1.30. The normalized spacial score (nSPS) is 19.2. The highest BCUT2D eigenvalue weighted by Gasteiger charge is 2.24. The lowest BCUT2D eigenvalue weighted by Gasteiger charge is -2.24. The molecule has 4 nitrogen and oxygen atoms in total. The maximum Gasteiger partial charge on any atom is 0.0928 e. The predicted octanol–water partition coefficient (Wildman–Crippen LogP) is 2.80. The molecule has 0 amide bonds. The predicted molar refractivity (Wildman–Crippen MR) is 84.4 cm³/mol. The van der Waals surface area contributed by atoms with Crippen molar-refractivity contribution in [3.8, 4) is 0 Å². The first-order chi connectivity index (χ1) is 10.3. The minimum Gasteiger partial charge on any atom is -0.387 e. The SMILES string of the molecule is CCc1nc2c(s1)C(NCC(O)c1ccncc1)CCC2. The molecule has 1 aliphatic rings. The highest BCUT2D eigenvalue weighted by atomic mass is 32.1. The van der Waals surface area contributed by atoms with Crippen LogP contribution >= 0.6 is 11.3 Å². The summed E-state index contributed by atoms with van der Waals surface area (Å²) in [6, 6.07) is 4.06. The number of nitrogens with zero attached hydrogens (tertiary/aromatic N) is 2. The van der Waals surface area contributed by atoms with E-state index in [-0.39, 0.29) is 0 Å². The Morgan fingerprint density at radius 1 is 1.43 bits per heavy atom. The molecular weight excluding hydrogens is 282 g/mol. The lowest BCUT2D eigenvalue weighted by Crippen LogP contribution is -2.28. The van der Waals surface area contributed by atoms with E-state index in [1.807, 2.05) is 23.5 Å². The Labute approximate surface area is 129 Å². The van der Waals surface area contributed by atoms with Gasteiger partial charge in [0.1, 0.15) is 0 Å². The number of fused-ring (bicyclic) bond motifs is 1. The van der Waals surface area contributed by atoms with Gasteiger partial charge < -0.3 is 10.4 Å². The van der Waals surface area contributed by atoms with Crippen molar-refractivity contribution in [1.82, 2.24) is 15.3 Å². The molecule has 0 radical (unpaired) electrons. The second kappa shape index (κ2) is 6.64. The van der Waals surface area contributed by atoms with E-state index in [9.17, 15) is 5.11 Å². The number of hydrogen-bond acceptors (Lipinski definition) is 5. The standard InChI is InChI=1S/C16H21N3OS/c1-2-15-19-13-5-3-4-12(16(13)21-15)18-10-14(20)11-6-8-17-9-7-11/h6-9,12,14,18,20H,2-5,10H2,1H3. The van der Waals surface area contributed by atoms with Crippen molar-refractivity contribution in [3.63, 3.8) is 0 Å². The number of rotatable bonds is 5. The Bertz CT molecular complexity index is 584. The van der Waals surface area contributed by atoms with Crippen LogP contribution in [0.5, 0.6) is 0 Å². The molecule has 0 aromatic carbocycles. The minimum absolute atomic E-state index is 0.336. The molecule has 2 aromatic rings. The number of nitrogens with one attached hydrogen (secondary N) is 1. The number of aliphatic hydroxyl groups is 1. The number of aliphatic hydroxyl groups excluding tert-OH is 1. The van der Waals surface area contributed by atoms with Crippen LogP contribution in [-0.2, 0) is 12.8 Å². The van der Waals surface area contributed by atoms with Crippen LogP contribution in [0.2, 0.25) is 0 Å². The summed E-state index contributed by atoms with van der Waals surface area (Å²) < 4.78 is 0. The highest BCUT2D eigenvalue weighted by Crippen LogP contribution is 2.34. The van der Waals surface area contributed by atoms with Gasteiger partial charge in [0.05, 0.1) is 16.8 Å². The van der Waals surface area contributed by atoms with E-state index < -0.39 is 6.10 Å². The second-order valence-corrected chi connectivity index (χ2v) is 6.54. The molecular formula is C16H21N3OS. The third-order valence-electron chi connectivity index (χ3n) is 3.95. The first kappa shape index (κ1) is 14.6. The van der Waals surface area contributed by atoms with Gasteiger partial charge in [0.25, 0.3) is 0 Å². The van der Waals surface area contributed by atoms with Crippen molar-refractivity contribution >= 4 is 11.3 Å². The van der Waals surface area contributed by atoms with E-state index in [4.69, 9.17) is 4.98 Å². The first-order valence-corrected chi connectivity index (χ1v) is 8.39. The fourth-order valence-corrected chi connectivity index (χ4v) is 3.94. The molecule has 21 heavy (non-hydrogen) atoms. The molecule has 2 unspecified atom stereocenters. The van der Waals surface area contributed by atoms with Crippen LogP contribution in [0.1, 0.15) is 53.1 Å². The van der Waals surface area contributed by atoms with Gasteiger partial charge in [-0.15, -0.1) is 11.3 Å². The van der Waals surface area contributed by atoms with Crippen LogP contribution in [0.4, 0.5) is 0 Å². The Morgan fingerprint density at radius 2 is 2.24 bits per heavy atom. The molecule has 5 heteroatoms. The average Bonchev–Trinajstić information content (AvgIpc) is 2.97. The Balaban J connectivity index is 1.65. The maximum absolute atomic E-state index is 10.2. The zero-order valence-electron chi connectivity index (χ0n) is 12.2. The van der Waals surface area contributed by atoms with E-state index in [0.717, 1.165) is 24.8 Å². The summed E-state index contributed by atoms with van der Waals surface area (Å²) in [4.78, 5) is 10.1. The van der Waals surface area contributed by atoms with Crippen molar-refractivity contribution in [3.05, 3.63) is 45.7 Å². The summed E-state index contributed by atoms with van der Waals surface area (Å²) >= 11 is 1.83. The molecule has 2 heterocycles. The molecule has 2 aromatic heterocycles. The highest BCUT2D eigenvalue weighted by molar-refractivity contribution is 7.11. The van der Waals surface area contributed by atoms with Crippen LogP contribution in [0.15, 0.2) is 24.5 Å². The van der Waals surface area contributed by atoms with Gasteiger partial charge in [0.2, 0.25) is 0 Å². The van der Waals surface area contributed by atoms with Crippen molar-refractivity contribution in [1.29, 1.82) is 0 Å². The smallest absolute Gasteiger partial charge is 0.0928 e. The van der Waals surface area contributed by atoms with Crippen LogP contribution in [0.3, 0.4) is 0 Å². The number of thiazole rings is 1. The molecule has 0 spiro atoms. The number of aromatic nitrogens is 2. The first-order valence-electron chi connectivity index (χ1n) is 7.57. The van der Waals surface area contributed by atoms with Crippen molar-refractivity contribution in [2.24, 2.45) is 0 Å². The molecule has 0 fully saturated rings. The molecule has 1 aliphatic carbocycles. The third-order valence-corrected chi connectivity index (χ3v) is 5.30. The van der Waals surface area contributed by atoms with Gasteiger partial charge in [0.15, 0.2) is 0 Å². The monoisotopic (exact) mass is 303 g/mol. The van der Waals surface area contributed by atoms with Crippen molar-refractivity contribution in [2.45, 2.75) is 44.8 Å². The summed E-state index contributed by atoms with van der Waals surface area (Å²) in [5.41, 5.74) is 2.17. The third kappa shape index (κ3) is 3.31. The average molecular weight is 303 g/mol. The topological polar surface area (TPSA) is 58.0 Å². The zero-order chi connectivity index (χ0) is 14.7. The minimum atomic E-state index is -0.489. The Kier molecular flexibility index (Phi) is 4.63. The number of pyridine rings is 1. The summed E-state index contributed by atoms with van der Waals surface area (Å²) in [5.74, 6) is 0. The zero-order valence-corrected chi connectivity index (χ0v) is 13.1. The lowest BCUT2D eigenvalue weighted by molar-refractivity contribution is 0.168. The molecule has 0 bridgehead atoms. The molecule has 0 aliphatic heterocycles. The molecule has 112 valence electrons. The fraction of sp³-hybridized carbons (Fsp3) is 0.500. The lowest BCUT2D eigenvalue weighted by atomic mass is 9.97. The summed E-state index contributed by atoms with van der Waals surface area (Å²) in [5, 5.41) is 15.0. The van der Waals surface area contributed by atoms with Crippen LogP contribution < -0.4 is 5.32 Å². The molecule has 0 saturated heterocycles. The number of aryl methyl sites for hydroxylation is 2. The maximum atomic E-state index is 10.2. The van der Waals surface area contributed by atoms with E-state index in [0.29, 0.717) is 12.6 Å². The fourth-order valence-electron chi connectivity index (χ4n) is 2.77. The molecule has 0 saturated carbocycles. The van der Waals surface area contributed by atoms with Gasteiger partial charge in [-0.05, 0) is 43.4 Å². The van der Waals surface area contributed by atoms with E-state index >= 15 is 0 Å². The van der Waals surface area contributed by atoms with E-state index in [2.05, 4.69) is 17.2 Å². The molecule has 2 atom stereocenters. The summed E-state index contributed by atoms with van der Waals surface area (Å²) in [7, 11) is 0. The quantitative estimate of drug-likeness (QED) is 0.892. The summed E-state index contributed by atoms with van der Waals surface area (Å²) in [6.45, 7) is 2.72. The van der Waals surface area contributed by atoms with Gasteiger partial charge in [-0.2, -0.15) is 0 Å². The number of hydrogen-bond donors (Lipinski definition) is 2. The van der Waals surface area contributed by atoms with Crippen molar-refractivity contribution < 1.29 is 5.11 Å². The molecule has 2 N–H and O–H groups in total. The summed E-state index contributed by atoms with van der Waals surface area (Å²) in [6.07, 6.45) is 7.34. The van der Waals surface area contributed by atoms with Crippen LogP contribution in [0, 0.1) is 0 Å². The van der Waals surface area contributed by atoms with Crippen LogP contribution in [-0.4, -0.2) is 21.6 Å². The molecule has 3 rings (SSSR count). The van der Waals surface area contributed by atoms with E-state index in [1.54, 1.807) is 12.4 Å². The largest absolute Gasteiger partial charge is 0.387 e. The van der Waals surface area contributed by atoms with Gasteiger partial charge in [0, 0.05) is 29.9 Å². The van der Waals surface area contributed by atoms with Gasteiger partial charge in [-0.25, -0.2) is 4.98 Å². The van der Waals surface area contributed by atoms with Gasteiger partial charge >= 0.3 is 0 Å². The van der Waals surface area contributed by atoms with Crippen LogP contribution in [0.25, 0.3) is 0 Å². The van der Waals surface area contributed by atoms with Gasteiger partial charge in [-0.3, -0.25) is 4.98 Å². The second-order valence-electron chi connectivity index (χ2n) is 5.42. The Morgan fingerprint density at radius 3 is 3.00 bits per heavy atom.